The van der Waals surface area contributed by atoms with Crippen LogP contribution in [0.5, 0.6) is 5.75 Å². The third kappa shape index (κ3) is 9.00. The summed E-state index contributed by atoms with van der Waals surface area (Å²) in [5.41, 5.74) is 15.3. The lowest BCUT2D eigenvalue weighted by Gasteiger charge is -2.28. The summed E-state index contributed by atoms with van der Waals surface area (Å²) in [6, 6.07) is 43.3. The van der Waals surface area contributed by atoms with E-state index in [4.69, 9.17) is 14.1 Å². The summed E-state index contributed by atoms with van der Waals surface area (Å²) in [5, 5.41) is 12.6. The van der Waals surface area contributed by atoms with E-state index in [0.717, 1.165) is 83.6 Å². The van der Waals surface area contributed by atoms with Gasteiger partial charge in [-0.05, 0) is 133 Å². The molecular weight excluding hydrogens is 803 g/mol. The monoisotopic (exact) mass is 876 g/mol. The van der Waals surface area contributed by atoms with Gasteiger partial charge in [-0.1, -0.05) is 181 Å². The number of imidazole rings is 1. The summed E-state index contributed by atoms with van der Waals surface area (Å²) >= 11 is 0. The zero-order valence-electron chi connectivity index (χ0n) is 45.5. The van der Waals surface area contributed by atoms with E-state index >= 15 is 0 Å². The van der Waals surface area contributed by atoms with Crippen molar-refractivity contribution in [2.45, 2.75) is 131 Å². The van der Waals surface area contributed by atoms with Crippen molar-refractivity contribution in [3.63, 3.8) is 0 Å². The van der Waals surface area contributed by atoms with Gasteiger partial charge in [0.05, 0.1) is 22.3 Å². The molecule has 0 radical (unpaired) electrons. The van der Waals surface area contributed by atoms with Gasteiger partial charge in [-0.15, -0.1) is 0 Å². The van der Waals surface area contributed by atoms with E-state index < -0.39 is 12.7 Å². The molecule has 0 unspecified atom stereocenters. The second-order valence-electron chi connectivity index (χ2n) is 22.4. The third-order valence-corrected chi connectivity index (χ3v) is 12.9. The number of phenols is 1. The number of aromatic hydroxyl groups is 1. The molecule has 1 N–H and O–H groups in total. The number of hydrogen-bond donors (Lipinski definition) is 1. The fourth-order valence-corrected chi connectivity index (χ4v) is 9.07. The van der Waals surface area contributed by atoms with E-state index in [1.165, 1.54) is 5.56 Å². The van der Waals surface area contributed by atoms with E-state index in [2.05, 4.69) is 185 Å². The van der Waals surface area contributed by atoms with Gasteiger partial charge in [0, 0.05) is 34.1 Å². The Morgan fingerprint density at radius 2 is 1.20 bits per heavy atom. The van der Waals surface area contributed by atoms with Gasteiger partial charge >= 0.3 is 0 Å². The first-order valence-corrected chi connectivity index (χ1v) is 23.3. The fraction of sp³-hybridized carbons (Fsp3) is 0.323. The van der Waals surface area contributed by atoms with Crippen molar-refractivity contribution in [1.82, 2.24) is 14.5 Å². The van der Waals surface area contributed by atoms with Crippen LogP contribution >= 0.6 is 0 Å². The standard InChI is InChI=1S/C62H69N3O/c1-38(2)50-37-46(27-28-48(50)49-19-16-17-21-52(49)61(10,11)12)65-55-22-18-20-47(56(55)64-58(65)51-35-45(60(7,8)9)36-53(57(51)66)62(13,14)15)42-31-43(33-44(32-42)59(4,5)6)54-34-41(29-30-63-54)40-25-23-39(3)24-26-40/h16-38,66H,1-15H3/i3D3,38D. The van der Waals surface area contributed by atoms with Crippen LogP contribution in [0.25, 0.3) is 72.7 Å². The highest BCUT2D eigenvalue weighted by Gasteiger charge is 2.30. The molecule has 2 aromatic heterocycles. The minimum Gasteiger partial charge on any atom is -0.507 e. The van der Waals surface area contributed by atoms with E-state index in [9.17, 15) is 6.48 Å². The Labute approximate surface area is 400 Å². The summed E-state index contributed by atoms with van der Waals surface area (Å²) in [4.78, 5) is 10.5. The fourth-order valence-electron chi connectivity index (χ4n) is 9.07. The average molecular weight is 876 g/mol. The molecule has 4 nitrogen and oxygen atoms in total. The maximum atomic E-state index is 12.6. The van der Waals surface area contributed by atoms with Crippen LogP contribution in [0.4, 0.5) is 0 Å². The molecule has 0 spiro atoms. The minimum absolute atomic E-state index is 0.124. The first-order valence-electron chi connectivity index (χ1n) is 25.3. The van der Waals surface area contributed by atoms with Crippen molar-refractivity contribution in [3.8, 4) is 67.5 Å². The van der Waals surface area contributed by atoms with Gasteiger partial charge in [0.2, 0.25) is 0 Å². The summed E-state index contributed by atoms with van der Waals surface area (Å²) in [6.07, 6.45) is 1.81. The molecule has 8 rings (SSSR count). The summed E-state index contributed by atoms with van der Waals surface area (Å²) in [5.74, 6) is -0.159. The molecule has 0 amide bonds. The molecule has 0 atom stereocenters. The quantitative estimate of drug-likeness (QED) is 0.174. The normalized spacial score (nSPS) is 13.9. The molecule has 8 aromatic rings. The van der Waals surface area contributed by atoms with E-state index in [0.29, 0.717) is 17.0 Å². The lowest BCUT2D eigenvalue weighted by Crippen LogP contribution is -2.17. The molecule has 0 aliphatic heterocycles. The van der Waals surface area contributed by atoms with E-state index in [1.54, 1.807) is 12.1 Å². The van der Waals surface area contributed by atoms with Crippen molar-refractivity contribution in [2.24, 2.45) is 0 Å². The molecule has 66 heavy (non-hydrogen) atoms. The highest BCUT2D eigenvalue weighted by Crippen LogP contribution is 2.46. The van der Waals surface area contributed by atoms with Crippen molar-refractivity contribution in [1.29, 1.82) is 0 Å². The maximum Gasteiger partial charge on any atom is 0.149 e. The first-order chi connectivity index (χ1) is 32.4. The van der Waals surface area contributed by atoms with Crippen molar-refractivity contribution in [3.05, 3.63) is 167 Å². The zero-order chi connectivity index (χ0) is 51.1. The number of hydrogen-bond acceptors (Lipinski definition) is 3. The van der Waals surface area contributed by atoms with Gasteiger partial charge in [-0.2, -0.15) is 0 Å². The highest BCUT2D eigenvalue weighted by atomic mass is 16.3. The number of pyridine rings is 1. The lowest BCUT2D eigenvalue weighted by atomic mass is 9.79. The van der Waals surface area contributed by atoms with Gasteiger partial charge in [0.15, 0.2) is 0 Å². The molecule has 0 saturated heterocycles. The molecule has 0 fully saturated rings. The van der Waals surface area contributed by atoms with Crippen molar-refractivity contribution in [2.75, 3.05) is 0 Å². The predicted molar refractivity (Wildman–Crippen MR) is 281 cm³/mol. The van der Waals surface area contributed by atoms with Gasteiger partial charge in [0.25, 0.3) is 0 Å². The Morgan fingerprint density at radius 3 is 1.85 bits per heavy atom. The Hall–Kier alpha value is -6.26. The van der Waals surface area contributed by atoms with Crippen molar-refractivity contribution < 1.29 is 10.6 Å². The number of fused-ring (bicyclic) bond motifs is 1. The van der Waals surface area contributed by atoms with Crippen LogP contribution in [0, 0.1) is 6.85 Å². The maximum absolute atomic E-state index is 12.6. The van der Waals surface area contributed by atoms with Gasteiger partial charge < -0.3 is 5.11 Å². The van der Waals surface area contributed by atoms with E-state index in [-0.39, 0.29) is 27.4 Å². The second-order valence-corrected chi connectivity index (χ2v) is 22.4. The molecule has 338 valence electrons. The molecule has 0 aliphatic carbocycles. The Balaban J connectivity index is 1.42. The molecule has 0 bridgehead atoms. The second kappa shape index (κ2) is 16.9. The highest BCUT2D eigenvalue weighted by molar-refractivity contribution is 5.97. The topological polar surface area (TPSA) is 50.9 Å². The summed E-state index contributed by atoms with van der Waals surface area (Å²) in [7, 11) is 0. The van der Waals surface area contributed by atoms with Gasteiger partial charge in [-0.25, -0.2) is 4.98 Å². The van der Waals surface area contributed by atoms with Gasteiger partial charge in [0.1, 0.15) is 11.6 Å². The number of para-hydroxylation sites is 1. The van der Waals surface area contributed by atoms with Crippen LogP contribution in [0.15, 0.2) is 134 Å². The first kappa shape index (κ1) is 41.2. The summed E-state index contributed by atoms with van der Waals surface area (Å²) in [6.45, 7) is 28.1. The SMILES string of the molecule is [2H]C([2H])([2H])c1ccc(-c2ccnc(-c3cc(-c4cccc5c4nc(-c4cc(C(C)(C)C)cc(C(C)(C)C)c4O)n5-c4ccc(-c5ccccc5C(C)(C)C)c(C([2H])(C)C)c4)cc(C(C)(C)C)c3)c2)cc1. The number of nitrogens with zero attached hydrogens (tertiary/aromatic N) is 3. The smallest absolute Gasteiger partial charge is 0.149 e. The number of phenolic OH excluding ortho intramolecular Hbond substituents is 1. The molecule has 6 aromatic carbocycles. The molecule has 4 heteroatoms. The average Bonchev–Trinajstić information content (AvgIpc) is 3.66. The van der Waals surface area contributed by atoms with Crippen LogP contribution in [-0.2, 0) is 21.7 Å². The lowest BCUT2D eigenvalue weighted by molar-refractivity contribution is 0.446. The number of rotatable bonds is 7. The van der Waals surface area contributed by atoms with Crippen LogP contribution in [0.1, 0.15) is 142 Å². The number of aryl methyl sites for hydroxylation is 1. The Kier molecular flexibility index (Phi) is 10.5. The van der Waals surface area contributed by atoms with Crippen molar-refractivity contribution >= 4 is 11.0 Å². The predicted octanol–water partition coefficient (Wildman–Crippen LogP) is 17.1. The van der Waals surface area contributed by atoms with Gasteiger partial charge in [-0.3, -0.25) is 9.55 Å². The minimum atomic E-state index is -2.18. The van der Waals surface area contributed by atoms with Crippen LogP contribution in [-0.4, -0.2) is 19.6 Å². The third-order valence-electron chi connectivity index (χ3n) is 12.9. The number of aromatic nitrogens is 3. The molecule has 0 saturated carbocycles. The van der Waals surface area contributed by atoms with E-state index in [1.807, 2.05) is 38.2 Å². The largest absolute Gasteiger partial charge is 0.507 e. The molecule has 2 heterocycles. The Morgan fingerprint density at radius 1 is 0.545 bits per heavy atom. The van der Waals surface area contributed by atoms with Crippen LogP contribution in [0.3, 0.4) is 0 Å². The summed E-state index contributed by atoms with van der Waals surface area (Å²) < 4.78 is 35.4. The Bertz CT molecular complexity index is 3270. The molecular formula is C62H69N3O. The number of benzene rings is 6. The van der Waals surface area contributed by atoms with Crippen LogP contribution < -0.4 is 0 Å². The molecule has 0 aliphatic rings. The van der Waals surface area contributed by atoms with Crippen LogP contribution in [0.2, 0.25) is 0 Å². The zero-order valence-corrected chi connectivity index (χ0v) is 41.5.